The molecule has 4 aromatic carbocycles. The van der Waals surface area contributed by atoms with E-state index >= 15 is 0 Å². The molecule has 1 aliphatic heterocycles. The Labute approximate surface area is 197 Å². The van der Waals surface area contributed by atoms with Gasteiger partial charge in [-0.1, -0.05) is 65.9 Å². The second-order valence-corrected chi connectivity index (χ2v) is 9.70. The minimum Gasteiger partial charge on any atom is -0.316 e. The van der Waals surface area contributed by atoms with Crippen molar-refractivity contribution >= 4 is 45.8 Å². The Balaban J connectivity index is 1.52. The molecule has 2 aliphatic rings. The van der Waals surface area contributed by atoms with Crippen LogP contribution >= 0.6 is 11.8 Å². The van der Waals surface area contributed by atoms with Gasteiger partial charge in [0, 0.05) is 33.7 Å². The monoisotopic (exact) mass is 441 g/mol. The number of anilines is 3. The minimum absolute atomic E-state index is 1.18. The molecule has 0 saturated carbocycles. The molecule has 7 rings (SSSR count). The zero-order chi connectivity index (χ0) is 21.9. The fourth-order valence-electron chi connectivity index (χ4n) is 5.03. The van der Waals surface area contributed by atoms with Gasteiger partial charge in [-0.2, -0.15) is 0 Å². The van der Waals surface area contributed by atoms with E-state index in [1.54, 1.807) is 0 Å². The molecule has 0 bridgehead atoms. The second kappa shape index (κ2) is 7.16. The SMILES string of the molecule is CC1=Cc2c(cc(-n3ccc4ccccc43)cc2N2c3ccccc3Sc3ccccc32)[CH]1. The Morgan fingerprint density at radius 2 is 1.39 bits per heavy atom. The van der Waals surface area contributed by atoms with Gasteiger partial charge in [-0.3, -0.25) is 0 Å². The summed E-state index contributed by atoms with van der Waals surface area (Å²) in [5, 5.41) is 1.25. The predicted molar refractivity (Wildman–Crippen MR) is 139 cm³/mol. The molecule has 1 aliphatic carbocycles. The standard InChI is InChI=1S/C30H21N2S/c1-20-16-22-18-23(31-15-14-21-8-2-3-9-25(21)31)19-28(24(22)17-20)32-26-10-4-6-12-29(26)33-30-13-7-5-11-27(30)32/h2-19H,1H3. The summed E-state index contributed by atoms with van der Waals surface area (Å²) in [6.45, 7) is 2.18. The number of aromatic nitrogens is 1. The summed E-state index contributed by atoms with van der Waals surface area (Å²) in [5.41, 5.74) is 9.92. The van der Waals surface area contributed by atoms with Crippen LogP contribution in [0.5, 0.6) is 0 Å². The quantitative estimate of drug-likeness (QED) is 0.266. The molecular weight excluding hydrogens is 420 g/mol. The summed E-state index contributed by atoms with van der Waals surface area (Å²) in [7, 11) is 0. The highest BCUT2D eigenvalue weighted by atomic mass is 32.2. The summed E-state index contributed by atoms with van der Waals surface area (Å²) in [4.78, 5) is 5.01. The first-order valence-electron chi connectivity index (χ1n) is 11.2. The first kappa shape index (κ1) is 18.8. The smallest absolute Gasteiger partial charge is 0.0601 e. The van der Waals surface area contributed by atoms with Crippen LogP contribution in [0, 0.1) is 6.42 Å². The number of rotatable bonds is 2. The third-order valence-electron chi connectivity index (χ3n) is 6.48. The van der Waals surface area contributed by atoms with Crippen molar-refractivity contribution in [1.29, 1.82) is 0 Å². The Hall–Kier alpha value is -3.69. The third-order valence-corrected chi connectivity index (χ3v) is 7.61. The molecule has 3 heteroatoms. The average Bonchev–Trinajstić information content (AvgIpc) is 3.44. The summed E-state index contributed by atoms with van der Waals surface area (Å²) >= 11 is 1.85. The van der Waals surface area contributed by atoms with Crippen molar-refractivity contribution in [3.05, 3.63) is 120 Å². The summed E-state index contributed by atoms with van der Waals surface area (Å²) in [6, 6.07) is 32.9. The van der Waals surface area contributed by atoms with Crippen LogP contribution in [-0.4, -0.2) is 4.57 Å². The fraction of sp³-hybridized carbons (Fsp3) is 0.0333. The number of para-hydroxylation sites is 3. The lowest BCUT2D eigenvalue weighted by Crippen LogP contribution is -2.16. The van der Waals surface area contributed by atoms with Crippen molar-refractivity contribution in [3.63, 3.8) is 0 Å². The molecule has 0 N–H and O–H groups in total. The molecule has 33 heavy (non-hydrogen) atoms. The Morgan fingerprint density at radius 1 is 0.697 bits per heavy atom. The first-order chi connectivity index (χ1) is 16.3. The van der Waals surface area contributed by atoms with E-state index in [1.165, 1.54) is 60.1 Å². The molecule has 0 atom stereocenters. The Morgan fingerprint density at radius 3 is 2.18 bits per heavy atom. The molecule has 0 amide bonds. The lowest BCUT2D eigenvalue weighted by Gasteiger charge is -2.34. The zero-order valence-electron chi connectivity index (χ0n) is 18.2. The summed E-state index contributed by atoms with van der Waals surface area (Å²) < 4.78 is 2.30. The minimum atomic E-state index is 1.18. The number of fused-ring (bicyclic) bond motifs is 4. The maximum absolute atomic E-state index is 2.44. The highest BCUT2D eigenvalue weighted by Gasteiger charge is 2.28. The van der Waals surface area contributed by atoms with Crippen molar-refractivity contribution in [2.24, 2.45) is 0 Å². The largest absolute Gasteiger partial charge is 0.316 e. The van der Waals surface area contributed by atoms with Crippen molar-refractivity contribution < 1.29 is 0 Å². The zero-order valence-corrected chi connectivity index (χ0v) is 19.0. The Kier molecular flexibility index (Phi) is 4.09. The van der Waals surface area contributed by atoms with E-state index in [-0.39, 0.29) is 0 Å². The Bertz CT molecular complexity index is 1550. The maximum atomic E-state index is 2.44. The van der Waals surface area contributed by atoms with Crippen LogP contribution in [-0.2, 0) is 0 Å². The van der Waals surface area contributed by atoms with Gasteiger partial charge in [0.25, 0.3) is 0 Å². The lowest BCUT2D eigenvalue weighted by molar-refractivity contribution is 1.11. The van der Waals surface area contributed by atoms with Gasteiger partial charge in [-0.05, 0) is 66.4 Å². The molecule has 0 unspecified atom stereocenters. The van der Waals surface area contributed by atoms with Crippen molar-refractivity contribution in [3.8, 4) is 5.69 Å². The van der Waals surface area contributed by atoms with E-state index in [1.807, 2.05) is 11.8 Å². The van der Waals surface area contributed by atoms with E-state index in [9.17, 15) is 0 Å². The van der Waals surface area contributed by atoms with Crippen LogP contribution in [0.3, 0.4) is 0 Å². The van der Waals surface area contributed by atoms with Crippen LogP contribution in [0.15, 0.2) is 113 Å². The topological polar surface area (TPSA) is 8.17 Å². The van der Waals surface area contributed by atoms with Gasteiger partial charge in [0.05, 0.1) is 22.6 Å². The average molecular weight is 442 g/mol. The highest BCUT2D eigenvalue weighted by molar-refractivity contribution is 7.99. The molecule has 2 nitrogen and oxygen atoms in total. The van der Waals surface area contributed by atoms with Crippen molar-refractivity contribution in [1.82, 2.24) is 4.57 Å². The van der Waals surface area contributed by atoms with Crippen LogP contribution < -0.4 is 4.90 Å². The second-order valence-electron chi connectivity index (χ2n) is 8.62. The summed E-state index contributed by atoms with van der Waals surface area (Å²) in [6.07, 6.45) is 6.79. The third kappa shape index (κ3) is 2.89. The van der Waals surface area contributed by atoms with E-state index in [2.05, 4.69) is 126 Å². The normalized spacial score (nSPS) is 14.1. The molecule has 1 radical (unpaired) electrons. The molecule has 2 heterocycles. The van der Waals surface area contributed by atoms with Crippen molar-refractivity contribution in [2.75, 3.05) is 4.90 Å². The van der Waals surface area contributed by atoms with Gasteiger partial charge in [0.1, 0.15) is 0 Å². The van der Waals surface area contributed by atoms with Crippen molar-refractivity contribution in [2.45, 2.75) is 16.7 Å². The maximum Gasteiger partial charge on any atom is 0.0601 e. The fourth-order valence-corrected chi connectivity index (χ4v) is 6.09. The lowest BCUT2D eigenvalue weighted by atomic mass is 10.0. The number of hydrogen-bond donors (Lipinski definition) is 0. The van der Waals surface area contributed by atoms with Crippen LogP contribution in [0.4, 0.5) is 17.1 Å². The predicted octanol–water partition coefficient (Wildman–Crippen LogP) is 8.53. The van der Waals surface area contributed by atoms with Crippen LogP contribution in [0.2, 0.25) is 0 Å². The molecule has 157 valence electrons. The van der Waals surface area contributed by atoms with E-state index < -0.39 is 0 Å². The van der Waals surface area contributed by atoms with E-state index in [4.69, 9.17) is 0 Å². The van der Waals surface area contributed by atoms with E-state index in [0.717, 1.165) is 0 Å². The molecule has 0 spiro atoms. The highest BCUT2D eigenvalue weighted by Crippen LogP contribution is 2.53. The molecule has 0 saturated heterocycles. The summed E-state index contributed by atoms with van der Waals surface area (Å²) in [5.74, 6) is 0. The number of benzene rings is 4. The van der Waals surface area contributed by atoms with Gasteiger partial charge in [0.2, 0.25) is 0 Å². The van der Waals surface area contributed by atoms with E-state index in [0.29, 0.717) is 0 Å². The van der Waals surface area contributed by atoms with Gasteiger partial charge >= 0.3 is 0 Å². The molecule has 0 fully saturated rings. The van der Waals surface area contributed by atoms with Gasteiger partial charge < -0.3 is 9.47 Å². The van der Waals surface area contributed by atoms with Gasteiger partial charge in [-0.25, -0.2) is 0 Å². The first-order valence-corrected chi connectivity index (χ1v) is 12.0. The van der Waals surface area contributed by atoms with Crippen LogP contribution in [0.25, 0.3) is 22.7 Å². The number of allylic oxidation sites excluding steroid dienone is 1. The van der Waals surface area contributed by atoms with Crippen LogP contribution in [0.1, 0.15) is 18.1 Å². The molecule has 5 aromatic rings. The number of nitrogens with zero attached hydrogens (tertiary/aromatic N) is 2. The molecule has 1 aromatic heterocycles. The van der Waals surface area contributed by atoms with Gasteiger partial charge in [0.15, 0.2) is 0 Å². The van der Waals surface area contributed by atoms with Gasteiger partial charge in [-0.15, -0.1) is 0 Å². The number of hydrogen-bond acceptors (Lipinski definition) is 2. The molecular formula is C30H21N2S.